The summed E-state index contributed by atoms with van der Waals surface area (Å²) >= 11 is 1.68. The lowest BCUT2D eigenvalue weighted by atomic mass is 10.0. The maximum Gasteiger partial charge on any atom is 0.223 e. The van der Waals surface area contributed by atoms with Crippen molar-refractivity contribution in [3.05, 3.63) is 10.9 Å². The lowest BCUT2D eigenvalue weighted by Gasteiger charge is -2.17. The molecule has 20 heavy (non-hydrogen) atoms. The molecule has 2 aromatic heterocycles. The van der Waals surface area contributed by atoms with Crippen molar-refractivity contribution < 1.29 is 0 Å². The number of nitrogens with two attached hydrogens (primary N) is 1. The first-order chi connectivity index (χ1) is 9.61. The molecule has 108 valence electrons. The number of fused-ring (bicyclic) bond motifs is 1. The lowest BCUT2D eigenvalue weighted by molar-refractivity contribution is 0.502. The molecule has 3 rings (SSSR count). The molecule has 2 aromatic rings. The predicted octanol–water partition coefficient (Wildman–Crippen LogP) is 3.96. The van der Waals surface area contributed by atoms with Crippen LogP contribution in [0.5, 0.6) is 0 Å². The number of nitrogen functional groups attached to an aromatic ring is 1. The number of rotatable bonds is 2. The van der Waals surface area contributed by atoms with Crippen LogP contribution >= 0.6 is 11.3 Å². The first-order valence-corrected chi connectivity index (χ1v) is 8.23. The zero-order chi connectivity index (χ0) is 14.1. The molecule has 0 aromatic carbocycles. The van der Waals surface area contributed by atoms with Crippen LogP contribution in [0.2, 0.25) is 0 Å². The molecule has 1 aliphatic rings. The van der Waals surface area contributed by atoms with E-state index < -0.39 is 0 Å². The first-order valence-electron chi connectivity index (χ1n) is 7.42. The van der Waals surface area contributed by atoms with Gasteiger partial charge in [-0.05, 0) is 38.2 Å². The van der Waals surface area contributed by atoms with Gasteiger partial charge in [-0.25, -0.2) is 4.98 Å². The van der Waals surface area contributed by atoms with Crippen molar-refractivity contribution in [2.75, 3.05) is 11.1 Å². The summed E-state index contributed by atoms with van der Waals surface area (Å²) in [5.74, 6) is 2.13. The highest BCUT2D eigenvalue weighted by molar-refractivity contribution is 7.18. The summed E-state index contributed by atoms with van der Waals surface area (Å²) in [5.41, 5.74) is 5.84. The summed E-state index contributed by atoms with van der Waals surface area (Å²) in [4.78, 5) is 11.0. The van der Waals surface area contributed by atoms with Crippen molar-refractivity contribution >= 4 is 33.3 Å². The number of hydrogen-bond donors (Lipinski definition) is 2. The van der Waals surface area contributed by atoms with Crippen LogP contribution in [0, 0.1) is 12.8 Å². The number of nitrogens with one attached hydrogen (secondary N) is 1. The third-order valence-electron chi connectivity index (χ3n) is 4.13. The third-order valence-corrected chi connectivity index (χ3v) is 5.08. The normalized spacial score (nSPS) is 23.7. The fourth-order valence-electron chi connectivity index (χ4n) is 2.99. The molecule has 0 saturated heterocycles. The minimum absolute atomic E-state index is 0.365. The molecular weight excluding hydrogens is 268 g/mol. The van der Waals surface area contributed by atoms with E-state index in [2.05, 4.69) is 35.2 Å². The van der Waals surface area contributed by atoms with Crippen molar-refractivity contribution in [3.8, 4) is 0 Å². The van der Waals surface area contributed by atoms with Gasteiger partial charge in [0.15, 0.2) is 0 Å². The van der Waals surface area contributed by atoms with Crippen LogP contribution in [0.4, 0.5) is 11.8 Å². The van der Waals surface area contributed by atoms with E-state index >= 15 is 0 Å². The maximum absolute atomic E-state index is 5.84. The second-order valence-electron chi connectivity index (χ2n) is 5.96. The van der Waals surface area contributed by atoms with Crippen LogP contribution in [0.25, 0.3) is 10.2 Å². The van der Waals surface area contributed by atoms with Gasteiger partial charge in [-0.1, -0.05) is 19.8 Å². The highest BCUT2D eigenvalue weighted by Gasteiger charge is 2.18. The molecule has 2 unspecified atom stereocenters. The van der Waals surface area contributed by atoms with Crippen LogP contribution < -0.4 is 11.1 Å². The van der Waals surface area contributed by atoms with E-state index in [0.29, 0.717) is 12.0 Å². The number of thiophene rings is 1. The molecule has 2 atom stereocenters. The van der Waals surface area contributed by atoms with Gasteiger partial charge in [-0.2, -0.15) is 4.98 Å². The molecule has 2 heterocycles. The minimum Gasteiger partial charge on any atom is -0.368 e. The quantitative estimate of drug-likeness (QED) is 0.822. The van der Waals surface area contributed by atoms with Gasteiger partial charge in [0, 0.05) is 10.9 Å². The van der Waals surface area contributed by atoms with Crippen molar-refractivity contribution in [1.29, 1.82) is 0 Å². The van der Waals surface area contributed by atoms with Crippen molar-refractivity contribution in [3.63, 3.8) is 0 Å². The van der Waals surface area contributed by atoms with Crippen LogP contribution in [0.1, 0.15) is 43.9 Å². The van der Waals surface area contributed by atoms with Crippen molar-refractivity contribution in [2.45, 2.75) is 52.0 Å². The second kappa shape index (κ2) is 5.56. The molecule has 1 saturated carbocycles. The predicted molar refractivity (Wildman–Crippen MR) is 86.2 cm³/mol. The summed E-state index contributed by atoms with van der Waals surface area (Å²) < 4.78 is 0. The van der Waals surface area contributed by atoms with Gasteiger partial charge >= 0.3 is 0 Å². The molecular formula is C15H22N4S. The summed E-state index contributed by atoms with van der Waals surface area (Å²) in [7, 11) is 0. The van der Waals surface area contributed by atoms with Gasteiger partial charge in [0.2, 0.25) is 5.95 Å². The smallest absolute Gasteiger partial charge is 0.223 e. The topological polar surface area (TPSA) is 63.8 Å². The number of aryl methyl sites for hydroxylation is 1. The number of hydrogen-bond acceptors (Lipinski definition) is 5. The Balaban J connectivity index is 1.86. The molecule has 0 radical (unpaired) electrons. The Morgan fingerprint density at radius 3 is 2.95 bits per heavy atom. The van der Waals surface area contributed by atoms with Gasteiger partial charge < -0.3 is 11.1 Å². The second-order valence-corrected chi connectivity index (χ2v) is 7.20. The molecule has 1 aliphatic carbocycles. The summed E-state index contributed by atoms with van der Waals surface area (Å²) in [5, 5.41) is 4.72. The molecule has 0 aliphatic heterocycles. The Kier molecular flexibility index (Phi) is 3.78. The van der Waals surface area contributed by atoms with E-state index in [1.54, 1.807) is 11.3 Å². The number of aromatic nitrogens is 2. The fraction of sp³-hybridized carbons (Fsp3) is 0.600. The average Bonchev–Trinajstić information content (AvgIpc) is 2.63. The number of anilines is 2. The highest BCUT2D eigenvalue weighted by atomic mass is 32.1. The summed E-state index contributed by atoms with van der Waals surface area (Å²) in [6.07, 6.45) is 6.38. The summed E-state index contributed by atoms with van der Waals surface area (Å²) in [6, 6.07) is 2.67. The Morgan fingerprint density at radius 1 is 1.25 bits per heavy atom. The SMILES string of the molecule is Cc1cc2c(NC3CCCC(C)CC3)nc(N)nc2s1. The van der Waals surface area contributed by atoms with Crippen LogP contribution in [0.15, 0.2) is 6.07 Å². The zero-order valence-corrected chi connectivity index (χ0v) is 13.0. The van der Waals surface area contributed by atoms with Gasteiger partial charge in [0.1, 0.15) is 10.6 Å². The van der Waals surface area contributed by atoms with E-state index in [4.69, 9.17) is 5.73 Å². The molecule has 0 bridgehead atoms. The monoisotopic (exact) mass is 290 g/mol. The van der Waals surface area contributed by atoms with E-state index in [9.17, 15) is 0 Å². The van der Waals surface area contributed by atoms with Gasteiger partial charge in [0.25, 0.3) is 0 Å². The van der Waals surface area contributed by atoms with Crippen LogP contribution in [-0.2, 0) is 0 Å². The van der Waals surface area contributed by atoms with Gasteiger partial charge in [0.05, 0.1) is 5.39 Å². The molecule has 3 N–H and O–H groups in total. The summed E-state index contributed by atoms with van der Waals surface area (Å²) in [6.45, 7) is 4.45. The molecule has 1 fully saturated rings. The lowest BCUT2D eigenvalue weighted by Crippen LogP contribution is -2.19. The zero-order valence-electron chi connectivity index (χ0n) is 12.1. The molecule has 0 spiro atoms. The Hall–Kier alpha value is -1.36. The molecule has 0 amide bonds. The minimum atomic E-state index is 0.365. The Morgan fingerprint density at radius 2 is 2.10 bits per heavy atom. The molecule has 5 heteroatoms. The highest BCUT2D eigenvalue weighted by Crippen LogP contribution is 2.31. The van der Waals surface area contributed by atoms with E-state index in [0.717, 1.165) is 22.0 Å². The van der Waals surface area contributed by atoms with E-state index in [1.807, 2.05) is 0 Å². The Labute approximate surface area is 123 Å². The largest absolute Gasteiger partial charge is 0.368 e. The standard InChI is InChI=1S/C15H22N4S/c1-9-4-3-5-11(7-6-9)17-13-12-8-10(2)20-14(12)19-15(16)18-13/h8-9,11H,3-7H2,1-2H3,(H3,16,17,18,19). The van der Waals surface area contributed by atoms with Gasteiger partial charge in [-0.3, -0.25) is 0 Å². The number of nitrogens with zero attached hydrogens (tertiary/aromatic N) is 2. The van der Waals surface area contributed by atoms with Crippen LogP contribution in [-0.4, -0.2) is 16.0 Å². The first kappa shape index (κ1) is 13.6. The Bertz CT molecular complexity index is 607. The van der Waals surface area contributed by atoms with Crippen molar-refractivity contribution in [1.82, 2.24) is 9.97 Å². The average molecular weight is 290 g/mol. The van der Waals surface area contributed by atoms with E-state index in [-0.39, 0.29) is 0 Å². The fourth-order valence-corrected chi connectivity index (χ4v) is 3.88. The van der Waals surface area contributed by atoms with Crippen molar-refractivity contribution in [2.24, 2.45) is 5.92 Å². The third kappa shape index (κ3) is 2.87. The van der Waals surface area contributed by atoms with Crippen LogP contribution in [0.3, 0.4) is 0 Å². The molecule has 4 nitrogen and oxygen atoms in total. The van der Waals surface area contributed by atoms with Gasteiger partial charge in [-0.15, -0.1) is 11.3 Å². The van der Waals surface area contributed by atoms with E-state index in [1.165, 1.54) is 37.0 Å². The maximum atomic E-state index is 5.84.